The second-order valence-electron chi connectivity index (χ2n) is 11.0. The molecule has 2 aliphatic rings. The van der Waals surface area contributed by atoms with Crippen molar-refractivity contribution in [3.05, 3.63) is 71.3 Å². The molecule has 11 nitrogen and oxygen atoms in total. The number of halogens is 1. The van der Waals surface area contributed by atoms with Gasteiger partial charge in [0.15, 0.2) is 5.82 Å². The van der Waals surface area contributed by atoms with Crippen molar-refractivity contribution in [2.75, 3.05) is 5.32 Å². The summed E-state index contributed by atoms with van der Waals surface area (Å²) in [5.74, 6) is -0.210. The number of carbonyl (C=O) groups excluding carboxylic acids is 2. The standard InChI is InChI=1S/C29H31FN8O3/c1-16(2)37-15-32-35-27(37)22-6-5-7-25(33-22)34-28(39)20-11-23-19(10-21(20)30)12-36(29(40)41-17(3)4)13-24-26(18-8-9-18)31-14-38(23)24/h5-7,10-11,14-18H,8-9,12-13H2,1-4H3,(H,33,34,39). The van der Waals surface area contributed by atoms with Crippen LogP contribution in [0.15, 0.2) is 43.0 Å². The summed E-state index contributed by atoms with van der Waals surface area (Å²) in [5, 5.41) is 10.9. The van der Waals surface area contributed by atoms with Crippen LogP contribution in [0.5, 0.6) is 0 Å². The molecule has 1 aromatic carbocycles. The third kappa shape index (κ3) is 5.17. The summed E-state index contributed by atoms with van der Waals surface area (Å²) >= 11 is 0. The maximum atomic E-state index is 15.5. The number of imidazole rings is 1. The van der Waals surface area contributed by atoms with Gasteiger partial charge >= 0.3 is 6.09 Å². The predicted molar refractivity (Wildman–Crippen MR) is 148 cm³/mol. The quantitative estimate of drug-likeness (QED) is 0.344. The topological polar surface area (TPSA) is 120 Å². The maximum Gasteiger partial charge on any atom is 0.410 e. The molecule has 0 unspecified atom stereocenters. The highest BCUT2D eigenvalue weighted by Gasteiger charge is 2.34. The van der Waals surface area contributed by atoms with Gasteiger partial charge in [0.05, 0.1) is 48.2 Å². The molecule has 41 heavy (non-hydrogen) atoms. The van der Waals surface area contributed by atoms with E-state index in [0.29, 0.717) is 28.7 Å². The molecular weight excluding hydrogens is 527 g/mol. The molecule has 6 rings (SSSR count). The zero-order chi connectivity index (χ0) is 28.8. The van der Waals surface area contributed by atoms with Crippen molar-refractivity contribution in [3.8, 4) is 17.2 Å². The fourth-order valence-electron chi connectivity index (χ4n) is 5.04. The summed E-state index contributed by atoms with van der Waals surface area (Å²) in [5.41, 5.74) is 3.29. The Labute approximate surface area is 236 Å². The van der Waals surface area contributed by atoms with E-state index >= 15 is 4.39 Å². The van der Waals surface area contributed by atoms with Crippen LogP contribution in [0.3, 0.4) is 0 Å². The number of anilines is 1. The Morgan fingerprint density at radius 1 is 1.10 bits per heavy atom. The molecule has 1 fully saturated rings. The monoisotopic (exact) mass is 558 g/mol. The lowest BCUT2D eigenvalue weighted by molar-refractivity contribution is 0.0721. The number of benzene rings is 1. The van der Waals surface area contributed by atoms with E-state index in [1.54, 1.807) is 49.6 Å². The summed E-state index contributed by atoms with van der Waals surface area (Å²) < 4.78 is 24.7. The number of aromatic nitrogens is 6. The number of ether oxygens (including phenoxy) is 1. The SMILES string of the molecule is CC(C)OC(=O)N1Cc2cc(F)c(C(=O)Nc3cccc(-c4nncn4C(C)C)n3)cc2-n2cnc(C3CC3)c2C1. The molecule has 0 radical (unpaired) electrons. The van der Waals surface area contributed by atoms with Gasteiger partial charge in [-0.05, 0) is 70.4 Å². The second kappa shape index (κ2) is 10.4. The first-order valence-electron chi connectivity index (χ1n) is 13.7. The van der Waals surface area contributed by atoms with Crippen molar-refractivity contribution in [1.29, 1.82) is 0 Å². The molecule has 4 aromatic rings. The van der Waals surface area contributed by atoms with Crippen LogP contribution in [-0.2, 0) is 17.8 Å². The molecule has 0 saturated heterocycles. The number of fused-ring (bicyclic) bond motifs is 3. The van der Waals surface area contributed by atoms with Crippen molar-refractivity contribution in [3.63, 3.8) is 0 Å². The van der Waals surface area contributed by atoms with Gasteiger partial charge in [0.2, 0.25) is 0 Å². The highest BCUT2D eigenvalue weighted by atomic mass is 19.1. The van der Waals surface area contributed by atoms with Crippen molar-refractivity contribution < 1.29 is 18.7 Å². The Hall–Kier alpha value is -4.61. The van der Waals surface area contributed by atoms with E-state index in [4.69, 9.17) is 4.74 Å². The third-order valence-corrected chi connectivity index (χ3v) is 7.18. The third-order valence-electron chi connectivity index (χ3n) is 7.18. The summed E-state index contributed by atoms with van der Waals surface area (Å²) in [6.45, 7) is 7.98. The van der Waals surface area contributed by atoms with E-state index in [1.165, 1.54) is 12.1 Å². The minimum atomic E-state index is -0.708. The first-order valence-corrected chi connectivity index (χ1v) is 13.7. The molecular formula is C29H31FN8O3. The van der Waals surface area contributed by atoms with E-state index in [9.17, 15) is 9.59 Å². The minimum Gasteiger partial charge on any atom is -0.447 e. The van der Waals surface area contributed by atoms with E-state index in [1.807, 2.05) is 23.0 Å². The molecule has 1 N–H and O–H groups in total. The van der Waals surface area contributed by atoms with E-state index in [-0.39, 0.29) is 36.6 Å². The van der Waals surface area contributed by atoms with Crippen molar-refractivity contribution in [1.82, 2.24) is 34.2 Å². The molecule has 1 aliphatic heterocycles. The number of amides is 2. The highest BCUT2D eigenvalue weighted by Crippen LogP contribution is 2.42. The number of nitrogens with zero attached hydrogens (tertiary/aromatic N) is 7. The highest BCUT2D eigenvalue weighted by molar-refractivity contribution is 6.04. The predicted octanol–water partition coefficient (Wildman–Crippen LogP) is 5.24. The molecule has 3 aromatic heterocycles. The number of pyridine rings is 1. The van der Waals surface area contributed by atoms with Gasteiger partial charge in [0.25, 0.3) is 5.91 Å². The minimum absolute atomic E-state index is 0.116. The second-order valence-corrected chi connectivity index (χ2v) is 11.0. The lowest BCUT2D eigenvalue weighted by atomic mass is 10.1. The van der Waals surface area contributed by atoms with Gasteiger partial charge in [-0.15, -0.1) is 10.2 Å². The zero-order valence-electron chi connectivity index (χ0n) is 23.3. The Morgan fingerprint density at radius 3 is 2.63 bits per heavy atom. The van der Waals surface area contributed by atoms with Crippen LogP contribution >= 0.6 is 0 Å². The Kier molecular flexibility index (Phi) is 6.76. The smallest absolute Gasteiger partial charge is 0.410 e. The fourth-order valence-corrected chi connectivity index (χ4v) is 5.04. The van der Waals surface area contributed by atoms with Gasteiger partial charge in [-0.2, -0.15) is 0 Å². The molecule has 1 saturated carbocycles. The van der Waals surface area contributed by atoms with E-state index in [2.05, 4.69) is 25.5 Å². The van der Waals surface area contributed by atoms with Gasteiger partial charge in [0, 0.05) is 12.0 Å². The van der Waals surface area contributed by atoms with Gasteiger partial charge in [-0.25, -0.2) is 19.2 Å². The molecule has 212 valence electrons. The molecule has 1 aliphatic carbocycles. The average molecular weight is 559 g/mol. The summed E-state index contributed by atoms with van der Waals surface area (Å²) in [6, 6.07) is 8.08. The fraction of sp³-hybridized carbons (Fsp3) is 0.379. The molecule has 12 heteroatoms. The molecule has 0 atom stereocenters. The number of nitrogens with one attached hydrogen (secondary N) is 1. The van der Waals surface area contributed by atoms with Crippen LogP contribution in [0.2, 0.25) is 0 Å². The molecule has 0 bridgehead atoms. The lowest BCUT2D eigenvalue weighted by Crippen LogP contribution is -2.32. The van der Waals surface area contributed by atoms with Crippen LogP contribution in [-0.4, -0.2) is 52.3 Å². The largest absolute Gasteiger partial charge is 0.447 e. The Balaban J connectivity index is 1.34. The van der Waals surface area contributed by atoms with Gasteiger partial charge in [-0.1, -0.05) is 6.07 Å². The van der Waals surface area contributed by atoms with Crippen molar-refractivity contribution >= 4 is 17.8 Å². The van der Waals surface area contributed by atoms with Crippen LogP contribution in [0.4, 0.5) is 15.0 Å². The van der Waals surface area contributed by atoms with Gasteiger partial charge in [0.1, 0.15) is 23.7 Å². The van der Waals surface area contributed by atoms with Crippen LogP contribution in [0.25, 0.3) is 17.2 Å². The Morgan fingerprint density at radius 2 is 1.90 bits per heavy atom. The lowest BCUT2D eigenvalue weighted by Gasteiger charge is -2.22. The molecule has 4 heterocycles. The first kappa shape index (κ1) is 26.6. The Bertz CT molecular complexity index is 1640. The van der Waals surface area contributed by atoms with Crippen molar-refractivity contribution in [2.45, 2.75) is 71.7 Å². The van der Waals surface area contributed by atoms with Crippen molar-refractivity contribution in [2.24, 2.45) is 0 Å². The summed E-state index contributed by atoms with van der Waals surface area (Å²) in [6.07, 6.45) is 4.60. The normalized spacial score (nSPS) is 14.6. The van der Waals surface area contributed by atoms with E-state index in [0.717, 1.165) is 24.2 Å². The summed E-state index contributed by atoms with van der Waals surface area (Å²) in [4.78, 5) is 37.0. The van der Waals surface area contributed by atoms with Gasteiger partial charge < -0.3 is 19.2 Å². The summed E-state index contributed by atoms with van der Waals surface area (Å²) in [7, 11) is 0. The first-order chi connectivity index (χ1) is 19.7. The number of rotatable bonds is 6. The van der Waals surface area contributed by atoms with Gasteiger partial charge in [-0.3, -0.25) is 9.69 Å². The molecule has 2 amide bonds. The average Bonchev–Trinajstić information content (AvgIpc) is 3.53. The number of hydrogen-bond acceptors (Lipinski definition) is 7. The number of hydrogen-bond donors (Lipinski definition) is 1. The molecule has 0 spiro atoms. The van der Waals surface area contributed by atoms with Crippen LogP contribution < -0.4 is 5.32 Å². The van der Waals surface area contributed by atoms with E-state index < -0.39 is 17.8 Å². The van der Waals surface area contributed by atoms with Crippen LogP contribution in [0, 0.1) is 5.82 Å². The maximum absolute atomic E-state index is 15.5. The van der Waals surface area contributed by atoms with Crippen LogP contribution in [0.1, 0.15) is 79.8 Å². The zero-order valence-corrected chi connectivity index (χ0v) is 23.3. The number of carbonyl (C=O) groups is 2.